The number of carbonyl (C=O) groups is 1. The number of nitrogens with two attached hydrogens (primary N) is 1. The summed E-state index contributed by atoms with van der Waals surface area (Å²) in [5, 5.41) is 9.05. The highest BCUT2D eigenvalue weighted by molar-refractivity contribution is 5.80. The maximum Gasteiger partial charge on any atom is 0.328 e. The zero-order valence-corrected chi connectivity index (χ0v) is 7.13. The normalized spacial score (nSPS) is 18.6. The van der Waals surface area contributed by atoms with E-state index in [1.165, 1.54) is 13.8 Å². The maximum absolute atomic E-state index is 11.0. The minimum absolute atomic E-state index is 0.276. The molecule has 0 aromatic heterocycles. The van der Waals surface area contributed by atoms with Gasteiger partial charge in [0.2, 0.25) is 0 Å². The Morgan fingerprint density at radius 2 is 2.27 bits per heavy atom. The van der Waals surface area contributed by atoms with Crippen LogP contribution in [0.25, 0.3) is 0 Å². The average Bonchev–Trinajstić information content (AvgIpc) is 1.88. The lowest BCUT2D eigenvalue weighted by Gasteiger charge is -2.24. The third-order valence-electron chi connectivity index (χ3n) is 1.58. The molecule has 2 atom stereocenters. The van der Waals surface area contributed by atoms with Gasteiger partial charge in [0.15, 0.2) is 0 Å². The predicted molar refractivity (Wildman–Crippen MR) is 40.9 cm³/mol. The summed E-state index contributed by atoms with van der Waals surface area (Å²) < 4.78 is 4.64. The standard InChI is InChI=1S/C7H15NO3/c1-4-11-6(10)7(3,8)5(2)9/h5,9H,4,8H2,1-3H3/t5-,7-/m1/s1. The van der Waals surface area contributed by atoms with E-state index in [0.29, 0.717) is 0 Å². The van der Waals surface area contributed by atoms with Crippen molar-refractivity contribution in [2.24, 2.45) is 5.73 Å². The van der Waals surface area contributed by atoms with E-state index >= 15 is 0 Å². The smallest absolute Gasteiger partial charge is 0.328 e. The molecule has 0 aromatic rings. The highest BCUT2D eigenvalue weighted by Gasteiger charge is 2.34. The zero-order valence-electron chi connectivity index (χ0n) is 7.13. The molecule has 0 rings (SSSR count). The van der Waals surface area contributed by atoms with Crippen LogP contribution >= 0.6 is 0 Å². The lowest BCUT2D eigenvalue weighted by molar-refractivity contribution is -0.152. The van der Waals surface area contributed by atoms with Gasteiger partial charge in [-0.2, -0.15) is 0 Å². The quantitative estimate of drug-likeness (QED) is 0.555. The highest BCUT2D eigenvalue weighted by Crippen LogP contribution is 2.07. The van der Waals surface area contributed by atoms with Crippen molar-refractivity contribution in [1.29, 1.82) is 0 Å². The van der Waals surface area contributed by atoms with Crippen LogP contribution in [0.15, 0.2) is 0 Å². The molecule has 0 amide bonds. The molecule has 11 heavy (non-hydrogen) atoms. The van der Waals surface area contributed by atoms with Gasteiger partial charge in [0.25, 0.3) is 0 Å². The third kappa shape index (κ3) is 2.48. The van der Waals surface area contributed by atoms with Crippen molar-refractivity contribution >= 4 is 5.97 Å². The van der Waals surface area contributed by atoms with E-state index in [9.17, 15) is 4.79 Å². The fourth-order valence-electron chi connectivity index (χ4n) is 0.457. The molecule has 0 saturated carbocycles. The molecule has 0 heterocycles. The van der Waals surface area contributed by atoms with Gasteiger partial charge < -0.3 is 15.6 Å². The Hall–Kier alpha value is -0.610. The Bertz CT molecular complexity index is 143. The van der Waals surface area contributed by atoms with Gasteiger partial charge in [0.1, 0.15) is 5.54 Å². The Labute approximate surface area is 66.3 Å². The van der Waals surface area contributed by atoms with E-state index in [1.54, 1.807) is 6.92 Å². The van der Waals surface area contributed by atoms with Gasteiger partial charge in [-0.25, -0.2) is 4.79 Å². The second kappa shape index (κ2) is 3.69. The summed E-state index contributed by atoms with van der Waals surface area (Å²) in [5.74, 6) is -0.574. The minimum atomic E-state index is -1.30. The van der Waals surface area contributed by atoms with Gasteiger partial charge in [0.05, 0.1) is 12.7 Å². The van der Waals surface area contributed by atoms with Crippen molar-refractivity contribution in [3.8, 4) is 0 Å². The largest absolute Gasteiger partial charge is 0.465 e. The summed E-state index contributed by atoms with van der Waals surface area (Å²) in [4.78, 5) is 11.0. The Balaban J connectivity index is 4.18. The lowest BCUT2D eigenvalue weighted by atomic mass is 9.98. The van der Waals surface area contributed by atoms with E-state index < -0.39 is 17.6 Å². The van der Waals surface area contributed by atoms with Crippen molar-refractivity contribution < 1.29 is 14.6 Å². The molecule has 0 saturated heterocycles. The second-order valence-electron chi connectivity index (χ2n) is 2.68. The summed E-state index contributed by atoms with van der Waals surface area (Å²) >= 11 is 0. The maximum atomic E-state index is 11.0. The molecular weight excluding hydrogens is 146 g/mol. The molecule has 0 bridgehead atoms. The molecule has 0 unspecified atom stereocenters. The number of esters is 1. The van der Waals surface area contributed by atoms with Crippen molar-refractivity contribution in [3.05, 3.63) is 0 Å². The van der Waals surface area contributed by atoms with Crippen LogP contribution in [0.5, 0.6) is 0 Å². The number of aliphatic hydroxyl groups excluding tert-OH is 1. The van der Waals surface area contributed by atoms with Gasteiger partial charge in [0, 0.05) is 0 Å². The molecule has 0 aliphatic rings. The Kier molecular flexibility index (Phi) is 3.48. The number of rotatable bonds is 3. The predicted octanol–water partition coefficient (Wildman–Crippen LogP) is -0.352. The zero-order chi connectivity index (χ0) is 9.07. The average molecular weight is 161 g/mol. The first kappa shape index (κ1) is 10.4. The minimum Gasteiger partial charge on any atom is -0.465 e. The van der Waals surface area contributed by atoms with Crippen LogP contribution in [0.1, 0.15) is 20.8 Å². The van der Waals surface area contributed by atoms with Crippen molar-refractivity contribution in [1.82, 2.24) is 0 Å². The van der Waals surface area contributed by atoms with E-state index in [2.05, 4.69) is 4.74 Å². The van der Waals surface area contributed by atoms with Gasteiger partial charge in [-0.15, -0.1) is 0 Å². The highest BCUT2D eigenvalue weighted by atomic mass is 16.5. The fourth-order valence-corrected chi connectivity index (χ4v) is 0.457. The molecule has 0 aliphatic carbocycles. The SMILES string of the molecule is CCOC(=O)[C@](C)(N)[C@@H](C)O. The van der Waals surface area contributed by atoms with Crippen LogP contribution in [-0.4, -0.2) is 29.3 Å². The van der Waals surface area contributed by atoms with Crippen molar-refractivity contribution in [2.75, 3.05) is 6.61 Å². The topological polar surface area (TPSA) is 72.5 Å². The molecule has 4 heteroatoms. The van der Waals surface area contributed by atoms with E-state index in [0.717, 1.165) is 0 Å². The monoisotopic (exact) mass is 161 g/mol. The molecule has 3 N–H and O–H groups in total. The van der Waals surface area contributed by atoms with E-state index in [1.807, 2.05) is 0 Å². The van der Waals surface area contributed by atoms with Crippen LogP contribution in [0.3, 0.4) is 0 Å². The number of aliphatic hydroxyl groups is 1. The molecular formula is C7H15NO3. The summed E-state index contributed by atoms with van der Waals surface area (Å²) in [5.41, 5.74) is 4.17. The summed E-state index contributed by atoms with van der Waals surface area (Å²) in [7, 11) is 0. The summed E-state index contributed by atoms with van der Waals surface area (Å²) in [6, 6.07) is 0. The third-order valence-corrected chi connectivity index (χ3v) is 1.58. The lowest BCUT2D eigenvalue weighted by Crippen LogP contribution is -2.54. The molecule has 0 aromatic carbocycles. The van der Waals surface area contributed by atoms with E-state index in [-0.39, 0.29) is 6.61 Å². The second-order valence-corrected chi connectivity index (χ2v) is 2.68. The van der Waals surface area contributed by atoms with Gasteiger partial charge in [-0.3, -0.25) is 0 Å². The first-order chi connectivity index (χ1) is 4.92. The van der Waals surface area contributed by atoms with Crippen molar-refractivity contribution in [3.63, 3.8) is 0 Å². The molecule has 0 radical (unpaired) electrons. The number of ether oxygens (including phenoxy) is 1. The van der Waals surface area contributed by atoms with Crippen molar-refractivity contribution in [2.45, 2.75) is 32.4 Å². The fraction of sp³-hybridized carbons (Fsp3) is 0.857. The summed E-state index contributed by atoms with van der Waals surface area (Å²) in [6.45, 7) is 4.86. The van der Waals surface area contributed by atoms with Gasteiger partial charge in [-0.05, 0) is 20.8 Å². The molecule has 0 spiro atoms. The van der Waals surface area contributed by atoms with Crippen LogP contribution in [0.4, 0.5) is 0 Å². The first-order valence-electron chi connectivity index (χ1n) is 3.57. The Morgan fingerprint density at radius 3 is 2.55 bits per heavy atom. The van der Waals surface area contributed by atoms with Gasteiger partial charge in [-0.1, -0.05) is 0 Å². The number of hydrogen-bond acceptors (Lipinski definition) is 4. The van der Waals surface area contributed by atoms with Crippen LogP contribution in [-0.2, 0) is 9.53 Å². The molecule has 0 fully saturated rings. The number of hydrogen-bond donors (Lipinski definition) is 2. The molecule has 4 nitrogen and oxygen atoms in total. The van der Waals surface area contributed by atoms with Crippen LogP contribution in [0, 0.1) is 0 Å². The Morgan fingerprint density at radius 1 is 1.82 bits per heavy atom. The molecule has 0 aliphatic heterocycles. The van der Waals surface area contributed by atoms with Gasteiger partial charge >= 0.3 is 5.97 Å². The van der Waals surface area contributed by atoms with Crippen LogP contribution < -0.4 is 5.73 Å². The molecule has 66 valence electrons. The van der Waals surface area contributed by atoms with E-state index in [4.69, 9.17) is 10.8 Å². The number of carbonyl (C=O) groups excluding carboxylic acids is 1. The first-order valence-corrected chi connectivity index (χ1v) is 3.57. The summed E-state index contributed by atoms with van der Waals surface area (Å²) in [6.07, 6.45) is -0.901. The van der Waals surface area contributed by atoms with Crippen LogP contribution in [0.2, 0.25) is 0 Å².